The Morgan fingerprint density at radius 2 is 2.14 bits per heavy atom. The quantitative estimate of drug-likeness (QED) is 0.329. The van der Waals surface area contributed by atoms with Gasteiger partial charge in [-0.3, -0.25) is 4.79 Å². The zero-order valence-electron chi connectivity index (χ0n) is 3.58. The Hall–Kier alpha value is 0.870. The van der Waals surface area contributed by atoms with Crippen molar-refractivity contribution in [1.82, 2.24) is 0 Å². The minimum absolute atomic E-state index is 0.0620. The first kappa shape index (κ1) is 7.87. The maximum absolute atomic E-state index is 10.3. The number of carbonyl (C=O) groups is 1. The van der Waals surface area contributed by atoms with Gasteiger partial charge in [0.25, 0.3) is 0 Å². The molecule has 40 valence electrons. The van der Waals surface area contributed by atoms with Gasteiger partial charge in [-0.1, -0.05) is 29.2 Å². The van der Waals surface area contributed by atoms with Gasteiger partial charge in [0.1, 0.15) is 0 Å². The van der Waals surface area contributed by atoms with Crippen LogP contribution in [0.5, 0.6) is 0 Å². The van der Waals surface area contributed by atoms with Gasteiger partial charge in [-0.05, 0) is 0 Å². The van der Waals surface area contributed by atoms with Gasteiger partial charge in [-0.25, -0.2) is 0 Å². The Labute approximate surface area is 69.8 Å². The predicted molar refractivity (Wildman–Crippen MR) is 47.1 cm³/mol. The summed E-state index contributed by atoms with van der Waals surface area (Å²) in [7, 11) is 0. The van der Waals surface area contributed by atoms with Gasteiger partial charge in [0, 0.05) is 32.6 Å². The Kier molecular flexibility index (Phi) is 4.30. The average Bonchev–Trinajstić information content (AvgIpc) is 1.65. The van der Waals surface area contributed by atoms with E-state index in [1.807, 2.05) is 0 Å². The molecule has 0 saturated heterocycles. The van der Waals surface area contributed by atoms with E-state index in [1.54, 1.807) is 22.6 Å². The van der Waals surface area contributed by atoms with Crippen molar-refractivity contribution in [3.05, 3.63) is 12.2 Å². The molecule has 0 spiro atoms. The highest BCUT2D eigenvalue weighted by atomic mass is 127. The van der Waals surface area contributed by atoms with Gasteiger partial charge >= 0.3 is 0 Å². The van der Waals surface area contributed by atoms with Crippen LogP contribution < -0.4 is 0 Å². The molecule has 0 aromatic rings. The predicted octanol–water partition coefficient (Wildman–Crippen LogP) is 1.94. The fraction of sp³-hybridized carbons (Fsp3) is 0.250. The van der Waals surface area contributed by atoms with Gasteiger partial charge < -0.3 is 0 Å². The first-order chi connectivity index (χ1) is 3.18. The van der Waals surface area contributed by atoms with Gasteiger partial charge in [-0.15, -0.1) is 0 Å². The lowest BCUT2D eigenvalue weighted by molar-refractivity contribution is -0.106. The highest BCUT2D eigenvalue weighted by Gasteiger charge is 1.96. The van der Waals surface area contributed by atoms with E-state index < -0.39 is 0 Å². The largest absolute Gasteiger partial charge is 0.283 e. The number of halogens is 2. The van der Waals surface area contributed by atoms with E-state index >= 15 is 0 Å². The Morgan fingerprint density at radius 1 is 1.71 bits per heavy atom. The van der Waals surface area contributed by atoms with Crippen LogP contribution in [0, 0.1) is 0 Å². The molecule has 0 atom stereocenters. The third-order valence-electron chi connectivity index (χ3n) is 0.439. The lowest BCUT2D eigenvalue weighted by atomic mass is 10.4. The summed E-state index contributed by atoms with van der Waals surface area (Å²) in [4.78, 5) is 10.3. The molecule has 0 bridgehead atoms. The molecule has 0 aromatic carbocycles. The summed E-state index contributed by atoms with van der Waals surface area (Å²) in [6.07, 6.45) is 0. The molecule has 0 unspecified atom stereocenters. The first-order valence-corrected chi connectivity index (χ1v) is 4.22. The first-order valence-electron chi connectivity index (χ1n) is 1.62. The fourth-order valence-corrected chi connectivity index (χ4v) is 1.32. The maximum Gasteiger partial charge on any atom is 0.218 e. The average molecular weight is 322 g/mol. The third kappa shape index (κ3) is 3.45. The van der Waals surface area contributed by atoms with Crippen LogP contribution >= 0.6 is 45.2 Å². The number of hydrogen-bond donors (Lipinski definition) is 0. The molecule has 0 radical (unpaired) electrons. The number of carbonyl (C=O) groups excluding carboxylic acids is 1. The number of allylic oxidation sites excluding steroid dienone is 1. The molecule has 0 heterocycles. The zero-order chi connectivity index (χ0) is 5.86. The van der Waals surface area contributed by atoms with Crippen LogP contribution in [-0.4, -0.2) is 8.22 Å². The molecule has 7 heavy (non-hydrogen) atoms. The van der Waals surface area contributed by atoms with Crippen LogP contribution in [0.2, 0.25) is 0 Å². The van der Waals surface area contributed by atoms with E-state index in [2.05, 4.69) is 29.2 Å². The lowest BCUT2D eigenvalue weighted by Crippen LogP contribution is -1.89. The molecule has 0 aliphatic heterocycles. The molecule has 0 aliphatic rings. The van der Waals surface area contributed by atoms with Crippen molar-refractivity contribution in [2.45, 2.75) is 0 Å². The molecular formula is C4H4I2O. The van der Waals surface area contributed by atoms with E-state index in [1.165, 1.54) is 0 Å². The fourth-order valence-electron chi connectivity index (χ4n) is 0.0525. The smallest absolute Gasteiger partial charge is 0.218 e. The SMILES string of the molecule is C=C(CI)C(=O)I. The van der Waals surface area contributed by atoms with Crippen LogP contribution in [0.25, 0.3) is 0 Å². The molecule has 3 heteroatoms. The van der Waals surface area contributed by atoms with Crippen molar-refractivity contribution in [3.8, 4) is 0 Å². The van der Waals surface area contributed by atoms with E-state index in [4.69, 9.17) is 0 Å². The van der Waals surface area contributed by atoms with Crippen molar-refractivity contribution in [1.29, 1.82) is 0 Å². The summed E-state index contributed by atoms with van der Waals surface area (Å²) >= 11 is 3.83. The normalized spacial score (nSPS) is 8.29. The maximum atomic E-state index is 10.3. The molecule has 0 saturated carbocycles. The standard InChI is InChI=1S/C4H4I2O/c1-3(2-5)4(6)7/h1-2H2. The summed E-state index contributed by atoms with van der Waals surface area (Å²) in [5.41, 5.74) is 0.682. The summed E-state index contributed by atoms with van der Waals surface area (Å²) in [6.45, 7) is 3.51. The Bertz CT molecular complexity index is 97.9. The minimum atomic E-state index is 0.0620. The highest BCUT2D eigenvalue weighted by molar-refractivity contribution is 14.1. The lowest BCUT2D eigenvalue weighted by Gasteiger charge is -1.85. The van der Waals surface area contributed by atoms with Crippen LogP contribution in [0.15, 0.2) is 12.2 Å². The number of hydrogen-bond acceptors (Lipinski definition) is 1. The third-order valence-corrected chi connectivity index (χ3v) is 2.12. The molecule has 0 rings (SSSR count). The van der Waals surface area contributed by atoms with Crippen molar-refractivity contribution in [2.24, 2.45) is 0 Å². The second-order valence-corrected chi connectivity index (χ2v) is 2.75. The van der Waals surface area contributed by atoms with Crippen molar-refractivity contribution < 1.29 is 4.79 Å². The van der Waals surface area contributed by atoms with Crippen molar-refractivity contribution >= 4 is 49.0 Å². The Morgan fingerprint density at radius 3 is 2.14 bits per heavy atom. The highest BCUT2D eigenvalue weighted by Crippen LogP contribution is 2.02. The van der Waals surface area contributed by atoms with Gasteiger partial charge in [0.15, 0.2) is 0 Å². The summed E-state index contributed by atoms with van der Waals surface area (Å²) in [5, 5.41) is 0. The molecule has 0 fully saturated rings. The zero-order valence-corrected chi connectivity index (χ0v) is 7.89. The van der Waals surface area contributed by atoms with Crippen LogP contribution in [0.3, 0.4) is 0 Å². The van der Waals surface area contributed by atoms with Crippen molar-refractivity contribution in [3.63, 3.8) is 0 Å². The molecule has 1 nitrogen and oxygen atoms in total. The molecular weight excluding hydrogens is 318 g/mol. The second-order valence-electron chi connectivity index (χ2n) is 1.01. The molecule has 0 aliphatic carbocycles. The van der Waals surface area contributed by atoms with Crippen LogP contribution in [-0.2, 0) is 4.79 Å². The monoisotopic (exact) mass is 322 g/mol. The minimum Gasteiger partial charge on any atom is -0.283 e. The van der Waals surface area contributed by atoms with E-state index in [-0.39, 0.29) is 3.79 Å². The molecule has 0 aromatic heterocycles. The number of rotatable bonds is 2. The Balaban J connectivity index is 3.58. The number of alkyl halides is 1. The van der Waals surface area contributed by atoms with E-state index in [0.29, 0.717) is 5.57 Å². The topological polar surface area (TPSA) is 17.1 Å². The summed E-state index contributed by atoms with van der Waals surface area (Å²) in [5.74, 6) is 0. The summed E-state index contributed by atoms with van der Waals surface area (Å²) < 4.78 is 0.798. The van der Waals surface area contributed by atoms with Gasteiger partial charge in [0.05, 0.1) is 0 Å². The van der Waals surface area contributed by atoms with Crippen molar-refractivity contribution in [2.75, 3.05) is 4.43 Å². The van der Waals surface area contributed by atoms with Crippen LogP contribution in [0.4, 0.5) is 0 Å². The van der Waals surface area contributed by atoms with E-state index in [9.17, 15) is 4.79 Å². The van der Waals surface area contributed by atoms with Gasteiger partial charge in [0.2, 0.25) is 3.79 Å². The summed E-state index contributed by atoms with van der Waals surface area (Å²) in [6, 6.07) is 0. The van der Waals surface area contributed by atoms with E-state index in [0.717, 1.165) is 4.43 Å². The van der Waals surface area contributed by atoms with Crippen LogP contribution in [0.1, 0.15) is 0 Å². The molecule has 0 amide bonds. The molecule has 0 N–H and O–H groups in total. The van der Waals surface area contributed by atoms with Gasteiger partial charge in [-0.2, -0.15) is 0 Å². The second kappa shape index (κ2) is 3.82.